The van der Waals surface area contributed by atoms with Gasteiger partial charge in [0.25, 0.3) is 0 Å². The van der Waals surface area contributed by atoms with E-state index in [0.29, 0.717) is 18.7 Å². The van der Waals surface area contributed by atoms with Crippen molar-refractivity contribution in [3.05, 3.63) is 34.2 Å². The lowest BCUT2D eigenvalue weighted by atomic mass is 9.94. The Bertz CT molecular complexity index is 1250. The Morgan fingerprint density at radius 3 is 2.38 bits per heavy atom. The third kappa shape index (κ3) is 6.29. The van der Waals surface area contributed by atoms with Gasteiger partial charge in [-0.1, -0.05) is 38.2 Å². The summed E-state index contributed by atoms with van der Waals surface area (Å²) in [6.07, 6.45) is 13.0. The average Bonchev–Trinajstić information content (AvgIpc) is 3.20. The molecular formula is C30H43N5O4. The molecule has 9 nitrogen and oxygen atoms in total. The summed E-state index contributed by atoms with van der Waals surface area (Å²) in [6.45, 7) is 3.82. The highest BCUT2D eigenvalue weighted by Crippen LogP contribution is 2.25. The van der Waals surface area contributed by atoms with Gasteiger partial charge in [-0.25, -0.2) is 4.79 Å². The van der Waals surface area contributed by atoms with Crippen LogP contribution in [0.5, 0.6) is 0 Å². The Morgan fingerprint density at radius 1 is 0.897 bits per heavy atom. The molecule has 2 aromatic rings. The number of amides is 3. The number of piperazine rings is 1. The van der Waals surface area contributed by atoms with Gasteiger partial charge in [0.05, 0.1) is 11.0 Å². The molecule has 3 fully saturated rings. The number of nitrogens with zero attached hydrogens (tertiary/aromatic N) is 4. The van der Waals surface area contributed by atoms with Crippen LogP contribution in [0.2, 0.25) is 0 Å². The van der Waals surface area contributed by atoms with Crippen LogP contribution in [-0.2, 0) is 27.9 Å². The summed E-state index contributed by atoms with van der Waals surface area (Å²) in [5, 5.41) is 2.35. The molecule has 1 aromatic heterocycles. The average molecular weight is 538 g/mol. The van der Waals surface area contributed by atoms with Crippen LogP contribution in [0.1, 0.15) is 88.7 Å². The molecule has 1 aromatic carbocycles. The maximum absolute atomic E-state index is 12.9. The minimum Gasteiger partial charge on any atom is -0.340 e. The van der Waals surface area contributed by atoms with Crippen molar-refractivity contribution in [2.24, 2.45) is 7.05 Å². The van der Waals surface area contributed by atoms with Crippen molar-refractivity contribution in [3.8, 4) is 0 Å². The number of imidazole rings is 1. The lowest BCUT2D eigenvalue weighted by Crippen LogP contribution is -2.52. The number of imide groups is 1. The molecule has 5 rings (SSSR count). The number of fused-ring (bicyclic) bond motifs is 1. The number of aryl methyl sites for hydroxylation is 2. The molecule has 0 radical (unpaired) electrons. The standard InChI is InChI=1S/C30H43N5O4/c1-32-26-21-22(13-14-24(26)35(30(32)39)25-15-16-27(36)31-29(25)38)9-5-2-3-8-12-28(37)34-19-17-33(18-20-34)23-10-6-4-7-11-23/h13-14,21,23,25H,2-12,15-20H2,1H3,(H,31,36,38). The monoisotopic (exact) mass is 537 g/mol. The highest BCUT2D eigenvalue weighted by atomic mass is 16.2. The number of hydrogen-bond donors (Lipinski definition) is 1. The van der Waals surface area contributed by atoms with Gasteiger partial charge in [0.15, 0.2) is 0 Å². The first-order chi connectivity index (χ1) is 18.9. The van der Waals surface area contributed by atoms with E-state index in [2.05, 4.69) is 15.1 Å². The van der Waals surface area contributed by atoms with Crippen molar-refractivity contribution in [3.63, 3.8) is 0 Å². The lowest BCUT2D eigenvalue weighted by Gasteiger charge is -2.40. The van der Waals surface area contributed by atoms with E-state index in [0.717, 1.165) is 80.9 Å². The van der Waals surface area contributed by atoms with E-state index >= 15 is 0 Å². The topological polar surface area (TPSA) is 96.6 Å². The van der Waals surface area contributed by atoms with Crippen LogP contribution in [0.4, 0.5) is 0 Å². The van der Waals surface area contributed by atoms with Crippen LogP contribution in [0, 0.1) is 0 Å². The molecule has 1 aliphatic carbocycles. The summed E-state index contributed by atoms with van der Waals surface area (Å²) in [4.78, 5) is 54.3. The number of aromatic nitrogens is 2. The summed E-state index contributed by atoms with van der Waals surface area (Å²) >= 11 is 0. The van der Waals surface area contributed by atoms with Crippen molar-refractivity contribution in [2.45, 2.75) is 95.6 Å². The highest BCUT2D eigenvalue weighted by molar-refractivity contribution is 6.00. The highest BCUT2D eigenvalue weighted by Gasteiger charge is 2.31. The summed E-state index contributed by atoms with van der Waals surface area (Å²) in [5.74, 6) is -0.390. The first-order valence-corrected chi connectivity index (χ1v) is 15.0. The molecule has 39 heavy (non-hydrogen) atoms. The van der Waals surface area contributed by atoms with Gasteiger partial charge in [-0.15, -0.1) is 0 Å². The molecule has 0 spiro atoms. The second-order valence-electron chi connectivity index (χ2n) is 11.6. The zero-order valence-electron chi connectivity index (χ0n) is 23.3. The Hall–Kier alpha value is -2.94. The molecule has 3 heterocycles. The molecule has 3 aliphatic rings. The van der Waals surface area contributed by atoms with E-state index < -0.39 is 11.9 Å². The minimum atomic E-state index is -0.659. The van der Waals surface area contributed by atoms with E-state index in [1.54, 1.807) is 11.6 Å². The van der Waals surface area contributed by atoms with Crippen LogP contribution >= 0.6 is 0 Å². The molecule has 2 aliphatic heterocycles. The fourth-order valence-corrected chi connectivity index (χ4v) is 6.69. The second-order valence-corrected chi connectivity index (χ2v) is 11.6. The van der Waals surface area contributed by atoms with Crippen LogP contribution in [0.3, 0.4) is 0 Å². The number of carbonyl (C=O) groups is 3. The van der Waals surface area contributed by atoms with Crippen LogP contribution < -0.4 is 11.0 Å². The number of carbonyl (C=O) groups excluding carboxylic acids is 3. The van der Waals surface area contributed by atoms with Crippen molar-refractivity contribution in [1.29, 1.82) is 0 Å². The Balaban J connectivity index is 1.05. The maximum Gasteiger partial charge on any atom is 0.329 e. The summed E-state index contributed by atoms with van der Waals surface area (Å²) < 4.78 is 3.11. The van der Waals surface area contributed by atoms with E-state index in [1.165, 1.54) is 36.7 Å². The third-order valence-electron chi connectivity index (χ3n) is 9.04. The van der Waals surface area contributed by atoms with E-state index in [-0.39, 0.29) is 18.0 Å². The molecule has 1 saturated carbocycles. The number of rotatable bonds is 9. The Labute approximate surface area is 230 Å². The third-order valence-corrected chi connectivity index (χ3v) is 9.04. The maximum atomic E-state index is 12.9. The minimum absolute atomic E-state index is 0.236. The van der Waals surface area contributed by atoms with Crippen LogP contribution in [0.25, 0.3) is 11.0 Å². The zero-order valence-corrected chi connectivity index (χ0v) is 23.3. The zero-order chi connectivity index (χ0) is 27.4. The van der Waals surface area contributed by atoms with E-state index in [4.69, 9.17) is 0 Å². The molecule has 2 saturated heterocycles. The summed E-state index contributed by atoms with van der Waals surface area (Å²) in [5.41, 5.74) is 2.44. The van der Waals surface area contributed by atoms with Crippen LogP contribution in [0.15, 0.2) is 23.0 Å². The first kappa shape index (κ1) is 27.6. The second kappa shape index (κ2) is 12.5. The molecule has 3 amide bonds. The SMILES string of the molecule is Cn1c(=O)n(C2CCC(=O)NC2=O)c2ccc(CCCCCCC(=O)N3CCN(C4CCCCC4)CC3)cc21. The van der Waals surface area contributed by atoms with Crippen molar-refractivity contribution in [2.75, 3.05) is 26.2 Å². The number of unbranched alkanes of at least 4 members (excludes halogenated alkanes) is 3. The lowest BCUT2D eigenvalue weighted by molar-refractivity contribution is -0.136. The molecule has 0 bridgehead atoms. The van der Waals surface area contributed by atoms with Crippen molar-refractivity contribution < 1.29 is 14.4 Å². The normalized spacial score (nSPS) is 21.5. The molecule has 212 valence electrons. The van der Waals surface area contributed by atoms with Gasteiger partial charge in [0, 0.05) is 52.1 Å². The molecule has 9 heteroatoms. The molecular weight excluding hydrogens is 494 g/mol. The predicted octanol–water partition coefficient (Wildman–Crippen LogP) is 3.29. The molecule has 1 unspecified atom stereocenters. The fraction of sp³-hybridized carbons (Fsp3) is 0.667. The summed E-state index contributed by atoms with van der Waals surface area (Å²) in [6, 6.07) is 6.07. The predicted molar refractivity (Wildman–Crippen MR) is 150 cm³/mol. The van der Waals surface area contributed by atoms with Crippen molar-refractivity contribution in [1.82, 2.24) is 24.3 Å². The van der Waals surface area contributed by atoms with E-state index in [1.807, 2.05) is 18.2 Å². The van der Waals surface area contributed by atoms with Gasteiger partial charge >= 0.3 is 5.69 Å². The fourth-order valence-electron chi connectivity index (χ4n) is 6.69. The quantitative estimate of drug-likeness (QED) is 0.391. The Morgan fingerprint density at radius 2 is 1.64 bits per heavy atom. The van der Waals surface area contributed by atoms with Crippen LogP contribution in [-0.4, -0.2) is 68.9 Å². The number of benzene rings is 1. The first-order valence-electron chi connectivity index (χ1n) is 15.0. The van der Waals surface area contributed by atoms with Gasteiger partial charge in [0.1, 0.15) is 6.04 Å². The van der Waals surface area contributed by atoms with Gasteiger partial charge in [0.2, 0.25) is 17.7 Å². The van der Waals surface area contributed by atoms with Gasteiger partial charge < -0.3 is 4.90 Å². The van der Waals surface area contributed by atoms with Gasteiger partial charge in [-0.05, 0) is 56.2 Å². The smallest absolute Gasteiger partial charge is 0.329 e. The summed E-state index contributed by atoms with van der Waals surface area (Å²) in [7, 11) is 1.73. The number of piperidine rings is 1. The van der Waals surface area contributed by atoms with Crippen molar-refractivity contribution >= 4 is 28.8 Å². The van der Waals surface area contributed by atoms with E-state index in [9.17, 15) is 19.2 Å². The largest absolute Gasteiger partial charge is 0.340 e. The number of hydrogen-bond acceptors (Lipinski definition) is 5. The van der Waals surface area contributed by atoms with Gasteiger partial charge in [-0.2, -0.15) is 0 Å². The molecule has 1 atom stereocenters. The Kier molecular flexibility index (Phi) is 8.85. The number of nitrogens with one attached hydrogen (secondary N) is 1. The molecule has 1 N–H and O–H groups in total. The van der Waals surface area contributed by atoms with Gasteiger partial charge in [-0.3, -0.25) is 33.7 Å².